The van der Waals surface area contributed by atoms with Crippen molar-refractivity contribution in [2.24, 2.45) is 0 Å². The Morgan fingerprint density at radius 2 is 1.41 bits per heavy atom. The molecule has 29 heavy (non-hydrogen) atoms. The zero-order valence-corrected chi connectivity index (χ0v) is 16.3. The molecule has 1 aromatic heterocycles. The van der Waals surface area contributed by atoms with Crippen LogP contribution >= 0.6 is 0 Å². The van der Waals surface area contributed by atoms with Crippen LogP contribution in [0.1, 0.15) is 21.5 Å². The highest BCUT2D eigenvalue weighted by atomic mass is 16.2. The van der Waals surface area contributed by atoms with Gasteiger partial charge in [-0.15, -0.1) is 0 Å². The molecule has 1 heterocycles. The van der Waals surface area contributed by atoms with Gasteiger partial charge in [-0.3, -0.25) is 9.78 Å². The lowest BCUT2D eigenvalue weighted by Crippen LogP contribution is -2.31. The monoisotopic (exact) mass is 378 g/mol. The van der Waals surface area contributed by atoms with Crippen LogP contribution < -0.4 is 4.90 Å². The maximum Gasteiger partial charge on any atom is 0.258 e. The number of para-hydroxylation sites is 1. The Labute approximate surface area is 171 Å². The molecule has 0 saturated carbocycles. The maximum atomic E-state index is 13.4. The van der Waals surface area contributed by atoms with E-state index >= 15 is 0 Å². The molecule has 4 rings (SSSR count). The van der Waals surface area contributed by atoms with Crippen molar-refractivity contribution in [1.29, 1.82) is 0 Å². The zero-order chi connectivity index (χ0) is 20.1. The van der Waals surface area contributed by atoms with Crippen LogP contribution in [-0.2, 0) is 6.54 Å². The molecule has 0 aliphatic heterocycles. The van der Waals surface area contributed by atoms with Crippen molar-refractivity contribution in [3.05, 3.63) is 120 Å². The number of carbonyl (C=O) groups is 1. The highest BCUT2D eigenvalue weighted by Gasteiger charge is 2.19. The van der Waals surface area contributed by atoms with Crippen molar-refractivity contribution in [3.8, 4) is 11.1 Å². The van der Waals surface area contributed by atoms with Crippen LogP contribution in [0.3, 0.4) is 0 Å². The van der Waals surface area contributed by atoms with E-state index in [0.717, 1.165) is 22.4 Å². The molecule has 0 atom stereocenters. The highest BCUT2D eigenvalue weighted by Crippen LogP contribution is 2.23. The average molecular weight is 378 g/mol. The molecule has 0 aliphatic carbocycles. The Balaban J connectivity index is 1.64. The minimum atomic E-state index is -0.0248. The van der Waals surface area contributed by atoms with Crippen molar-refractivity contribution < 1.29 is 4.79 Å². The fourth-order valence-corrected chi connectivity index (χ4v) is 3.36. The van der Waals surface area contributed by atoms with E-state index in [1.54, 1.807) is 18.5 Å². The van der Waals surface area contributed by atoms with Gasteiger partial charge in [-0.1, -0.05) is 72.8 Å². The summed E-state index contributed by atoms with van der Waals surface area (Å²) in [6.07, 6.45) is 3.39. The van der Waals surface area contributed by atoms with Crippen molar-refractivity contribution in [2.75, 3.05) is 4.90 Å². The summed E-state index contributed by atoms with van der Waals surface area (Å²) in [5, 5.41) is 0. The molecule has 4 aromatic rings. The topological polar surface area (TPSA) is 33.2 Å². The lowest BCUT2D eigenvalue weighted by Gasteiger charge is -2.24. The first-order valence-electron chi connectivity index (χ1n) is 9.64. The van der Waals surface area contributed by atoms with Crippen molar-refractivity contribution in [2.45, 2.75) is 13.5 Å². The molecule has 0 bridgehead atoms. The van der Waals surface area contributed by atoms with Crippen molar-refractivity contribution >= 4 is 11.6 Å². The summed E-state index contributed by atoms with van der Waals surface area (Å²) in [5.41, 5.74) is 5.84. The number of carbonyl (C=O) groups excluding carboxylic acids is 1. The molecule has 3 heteroatoms. The fraction of sp³-hybridized carbons (Fsp3) is 0.0769. The minimum absolute atomic E-state index is 0.0248. The molecule has 0 fully saturated rings. The van der Waals surface area contributed by atoms with Gasteiger partial charge in [0.1, 0.15) is 0 Å². The molecule has 0 unspecified atom stereocenters. The van der Waals surface area contributed by atoms with Gasteiger partial charge in [0.25, 0.3) is 5.91 Å². The smallest absolute Gasteiger partial charge is 0.258 e. The standard InChI is InChI=1S/C26H22N2O/c1-20-18-27-17-16-25(20)26(29)28(24-10-6-3-7-11-24)19-21-12-14-23(15-13-21)22-8-4-2-5-9-22/h2-18H,19H2,1H3. The van der Waals surface area contributed by atoms with Crippen LogP contribution in [-0.4, -0.2) is 10.9 Å². The third-order valence-corrected chi connectivity index (χ3v) is 4.97. The first-order valence-corrected chi connectivity index (χ1v) is 9.64. The van der Waals surface area contributed by atoms with E-state index in [-0.39, 0.29) is 5.91 Å². The van der Waals surface area contributed by atoms with Crippen LogP contribution in [0.4, 0.5) is 5.69 Å². The van der Waals surface area contributed by atoms with Gasteiger partial charge in [0.05, 0.1) is 6.54 Å². The number of anilines is 1. The Hall–Kier alpha value is -3.72. The number of hydrogen-bond donors (Lipinski definition) is 0. The van der Waals surface area contributed by atoms with Crippen molar-refractivity contribution in [3.63, 3.8) is 0 Å². The van der Waals surface area contributed by atoms with Gasteiger partial charge in [-0.2, -0.15) is 0 Å². The summed E-state index contributed by atoms with van der Waals surface area (Å²) in [7, 11) is 0. The molecule has 0 saturated heterocycles. The summed E-state index contributed by atoms with van der Waals surface area (Å²) in [6, 6.07) is 30.3. The van der Waals surface area contributed by atoms with Gasteiger partial charge < -0.3 is 4.90 Å². The van der Waals surface area contributed by atoms with Crippen LogP contribution in [0.2, 0.25) is 0 Å². The second-order valence-corrected chi connectivity index (χ2v) is 6.98. The number of nitrogens with zero attached hydrogens (tertiary/aromatic N) is 2. The van der Waals surface area contributed by atoms with E-state index in [1.807, 2.05) is 60.4 Å². The number of aromatic nitrogens is 1. The number of hydrogen-bond acceptors (Lipinski definition) is 2. The molecule has 0 spiro atoms. The van der Waals surface area contributed by atoms with Crippen LogP contribution in [0.25, 0.3) is 11.1 Å². The predicted molar refractivity (Wildman–Crippen MR) is 118 cm³/mol. The maximum absolute atomic E-state index is 13.4. The Morgan fingerprint density at radius 3 is 2.07 bits per heavy atom. The highest BCUT2D eigenvalue weighted by molar-refractivity contribution is 6.06. The average Bonchev–Trinajstić information content (AvgIpc) is 2.79. The summed E-state index contributed by atoms with van der Waals surface area (Å²) >= 11 is 0. The van der Waals surface area contributed by atoms with E-state index < -0.39 is 0 Å². The number of benzene rings is 3. The van der Waals surface area contributed by atoms with Crippen LogP contribution in [0.15, 0.2) is 103 Å². The molecule has 3 nitrogen and oxygen atoms in total. The van der Waals surface area contributed by atoms with Gasteiger partial charge in [0.15, 0.2) is 0 Å². The zero-order valence-electron chi connectivity index (χ0n) is 16.3. The van der Waals surface area contributed by atoms with Crippen LogP contribution in [0, 0.1) is 6.92 Å². The first kappa shape index (κ1) is 18.6. The molecule has 3 aromatic carbocycles. The first-order chi connectivity index (χ1) is 14.2. The Morgan fingerprint density at radius 1 is 0.793 bits per heavy atom. The van der Waals surface area contributed by atoms with E-state index in [4.69, 9.17) is 0 Å². The third kappa shape index (κ3) is 4.25. The summed E-state index contributed by atoms with van der Waals surface area (Å²) in [5.74, 6) is -0.0248. The largest absolute Gasteiger partial charge is 0.304 e. The van der Waals surface area contributed by atoms with E-state index in [2.05, 4.69) is 41.4 Å². The molecular weight excluding hydrogens is 356 g/mol. The van der Waals surface area contributed by atoms with Gasteiger partial charge in [0.2, 0.25) is 0 Å². The lowest BCUT2D eigenvalue weighted by atomic mass is 10.0. The van der Waals surface area contributed by atoms with Crippen LogP contribution in [0.5, 0.6) is 0 Å². The normalized spacial score (nSPS) is 10.5. The van der Waals surface area contributed by atoms with Gasteiger partial charge in [0, 0.05) is 23.6 Å². The minimum Gasteiger partial charge on any atom is -0.304 e. The summed E-state index contributed by atoms with van der Waals surface area (Å²) in [6.45, 7) is 2.41. The van der Waals surface area contributed by atoms with Gasteiger partial charge in [-0.05, 0) is 47.4 Å². The lowest BCUT2D eigenvalue weighted by molar-refractivity contribution is 0.0984. The summed E-state index contributed by atoms with van der Waals surface area (Å²) in [4.78, 5) is 19.3. The molecular formula is C26H22N2O. The van der Waals surface area contributed by atoms with Gasteiger partial charge >= 0.3 is 0 Å². The number of pyridine rings is 1. The van der Waals surface area contributed by atoms with E-state index in [1.165, 1.54) is 5.56 Å². The third-order valence-electron chi connectivity index (χ3n) is 4.97. The number of aryl methyl sites for hydroxylation is 1. The predicted octanol–water partition coefficient (Wildman–Crippen LogP) is 5.90. The Bertz CT molecular complexity index is 1090. The fourth-order valence-electron chi connectivity index (χ4n) is 3.36. The SMILES string of the molecule is Cc1cnccc1C(=O)N(Cc1ccc(-c2ccccc2)cc1)c1ccccc1. The quantitative estimate of drug-likeness (QED) is 0.433. The second-order valence-electron chi connectivity index (χ2n) is 6.98. The van der Waals surface area contributed by atoms with E-state index in [0.29, 0.717) is 12.1 Å². The second kappa shape index (κ2) is 8.53. The molecule has 0 radical (unpaired) electrons. The molecule has 0 N–H and O–H groups in total. The molecule has 0 aliphatic rings. The van der Waals surface area contributed by atoms with Crippen molar-refractivity contribution in [1.82, 2.24) is 4.98 Å². The molecule has 142 valence electrons. The van der Waals surface area contributed by atoms with Gasteiger partial charge in [-0.25, -0.2) is 0 Å². The van der Waals surface area contributed by atoms with E-state index in [9.17, 15) is 4.79 Å². The number of amides is 1. The Kier molecular flexibility index (Phi) is 5.48. The summed E-state index contributed by atoms with van der Waals surface area (Å²) < 4.78 is 0. The number of rotatable bonds is 5. The molecule has 1 amide bonds.